The van der Waals surface area contributed by atoms with Crippen LogP contribution in [0.15, 0.2) is 18.2 Å². The van der Waals surface area contributed by atoms with Gasteiger partial charge in [0.05, 0.1) is 19.1 Å². The second-order valence-electron chi connectivity index (χ2n) is 7.31. The quantitative estimate of drug-likeness (QED) is 0.287. The molecule has 0 heterocycles. The number of allylic oxidation sites excluding steroid dienone is 2. The van der Waals surface area contributed by atoms with E-state index in [0.717, 1.165) is 19.2 Å². The molecule has 0 radical (unpaired) electrons. The number of hydrogen-bond donors (Lipinski definition) is 0. The van der Waals surface area contributed by atoms with Gasteiger partial charge in [0, 0.05) is 11.6 Å². The van der Waals surface area contributed by atoms with Crippen molar-refractivity contribution in [1.82, 2.24) is 0 Å². The van der Waals surface area contributed by atoms with Crippen LogP contribution in [0.2, 0.25) is 0 Å². The number of rotatable bonds is 7. The zero-order valence-electron chi connectivity index (χ0n) is 16.1. The average molecular weight is 416 g/mol. The summed E-state index contributed by atoms with van der Waals surface area (Å²) in [6.07, 6.45) is -5.76. The van der Waals surface area contributed by atoms with Crippen molar-refractivity contribution < 1.29 is 41.4 Å². The van der Waals surface area contributed by atoms with Gasteiger partial charge in [0.15, 0.2) is 12.4 Å². The van der Waals surface area contributed by atoms with E-state index >= 15 is 0 Å². The molecule has 0 saturated carbocycles. The smallest absolute Gasteiger partial charge is 0.393 e. The Labute approximate surface area is 164 Å². The van der Waals surface area contributed by atoms with Gasteiger partial charge in [0.25, 0.3) is 0 Å². The second kappa shape index (κ2) is 8.34. The van der Waals surface area contributed by atoms with E-state index in [2.05, 4.69) is 4.74 Å². The number of alkyl halides is 3. The summed E-state index contributed by atoms with van der Waals surface area (Å²) in [7, 11) is 1.06. The van der Waals surface area contributed by atoms with E-state index in [1.807, 2.05) is 19.9 Å². The normalized spacial score (nSPS) is 16.7. The summed E-state index contributed by atoms with van der Waals surface area (Å²) < 4.78 is 62.7. The van der Waals surface area contributed by atoms with Crippen LogP contribution in [0.5, 0.6) is 5.75 Å². The molecular formula is C20H20F4O5. The molecule has 1 aliphatic carbocycles. The minimum absolute atomic E-state index is 0.167. The lowest BCUT2D eigenvalue weighted by Crippen LogP contribution is -2.34. The number of benzene rings is 1. The summed E-state index contributed by atoms with van der Waals surface area (Å²) in [6.45, 7) is 3.75. The summed E-state index contributed by atoms with van der Waals surface area (Å²) in [5.74, 6) is -3.84. The van der Waals surface area contributed by atoms with Gasteiger partial charge >= 0.3 is 12.1 Å². The number of methoxy groups -OCH3 is 1. The Balaban J connectivity index is 2.60. The van der Waals surface area contributed by atoms with Gasteiger partial charge in [-0.25, -0.2) is 9.18 Å². The Morgan fingerprint density at radius 3 is 2.41 bits per heavy atom. The van der Waals surface area contributed by atoms with E-state index in [1.54, 1.807) is 0 Å². The number of Topliss-reactive ketones (excluding diaryl/α,β-unsaturated/α-hetero) is 1. The minimum atomic E-state index is -4.79. The Bertz CT molecular complexity index is 855. The number of halogens is 4. The fraction of sp³-hybridized carbons (Fsp3) is 0.450. The average Bonchev–Trinajstić information content (AvgIpc) is 2.97. The Morgan fingerprint density at radius 1 is 1.28 bits per heavy atom. The maximum atomic E-state index is 14.4. The number of esters is 1. The topological polar surface area (TPSA) is 69.7 Å². The highest BCUT2D eigenvalue weighted by Crippen LogP contribution is 2.47. The molecular weight excluding hydrogens is 396 g/mol. The van der Waals surface area contributed by atoms with Crippen LogP contribution in [-0.4, -0.2) is 37.4 Å². The van der Waals surface area contributed by atoms with Gasteiger partial charge in [-0.3, -0.25) is 9.59 Å². The van der Waals surface area contributed by atoms with Crippen molar-refractivity contribution in [1.29, 1.82) is 0 Å². The molecule has 1 aromatic carbocycles. The maximum Gasteiger partial charge on any atom is 0.393 e. The first-order chi connectivity index (χ1) is 13.4. The summed E-state index contributed by atoms with van der Waals surface area (Å²) in [5, 5.41) is 0. The van der Waals surface area contributed by atoms with Crippen molar-refractivity contribution in [3.8, 4) is 5.75 Å². The number of carbonyl (C=O) groups is 3. The summed E-state index contributed by atoms with van der Waals surface area (Å²) in [4.78, 5) is 34.3. The second-order valence-corrected chi connectivity index (χ2v) is 7.31. The molecule has 0 spiro atoms. The monoisotopic (exact) mass is 416 g/mol. The zero-order chi connectivity index (χ0) is 22.0. The lowest BCUT2D eigenvalue weighted by Gasteiger charge is -2.26. The Morgan fingerprint density at radius 2 is 1.93 bits per heavy atom. The number of aldehydes is 1. The van der Waals surface area contributed by atoms with Crippen molar-refractivity contribution in [2.24, 2.45) is 5.41 Å². The van der Waals surface area contributed by atoms with Crippen LogP contribution < -0.4 is 4.74 Å². The molecule has 29 heavy (non-hydrogen) atoms. The van der Waals surface area contributed by atoms with Crippen molar-refractivity contribution in [3.63, 3.8) is 0 Å². The molecule has 0 N–H and O–H groups in total. The molecule has 0 aromatic heterocycles. The zero-order valence-corrected chi connectivity index (χ0v) is 16.1. The fourth-order valence-corrected chi connectivity index (χ4v) is 3.23. The molecule has 1 aromatic rings. The van der Waals surface area contributed by atoms with Crippen molar-refractivity contribution in [3.05, 3.63) is 35.2 Å². The van der Waals surface area contributed by atoms with E-state index in [1.165, 1.54) is 0 Å². The fourth-order valence-electron chi connectivity index (χ4n) is 3.23. The lowest BCUT2D eigenvalue weighted by atomic mass is 9.81. The first-order valence-corrected chi connectivity index (χ1v) is 8.75. The van der Waals surface area contributed by atoms with Gasteiger partial charge in [-0.05, 0) is 29.9 Å². The SMILES string of the molecule is COC(=O)c1cc(C2=CCCC2(C)C)c(O[C@@H](CC(F)(F)F)C(=O)C=O)cc1F. The molecule has 1 atom stereocenters. The maximum absolute atomic E-state index is 14.4. The molecule has 0 unspecified atom stereocenters. The first kappa shape index (κ1) is 22.6. The highest BCUT2D eigenvalue weighted by Gasteiger charge is 2.38. The number of carbonyl (C=O) groups excluding carboxylic acids is 3. The van der Waals surface area contributed by atoms with Crippen molar-refractivity contribution in [2.75, 3.05) is 7.11 Å². The van der Waals surface area contributed by atoms with E-state index < -0.39 is 47.2 Å². The number of ketones is 1. The molecule has 5 nitrogen and oxygen atoms in total. The highest BCUT2D eigenvalue weighted by molar-refractivity contribution is 6.27. The molecule has 0 aliphatic heterocycles. The lowest BCUT2D eigenvalue weighted by molar-refractivity contribution is -0.160. The van der Waals surface area contributed by atoms with Gasteiger partial charge in [0.1, 0.15) is 11.6 Å². The molecule has 9 heteroatoms. The van der Waals surface area contributed by atoms with E-state index in [0.29, 0.717) is 18.4 Å². The third kappa shape index (κ3) is 5.21. The number of ether oxygens (including phenoxy) is 2. The standard InChI is InChI=1S/C20H20F4O5/c1-19(2)6-4-5-13(19)11-7-12(18(27)28-3)14(21)8-16(11)29-17(15(26)10-25)9-20(22,23)24/h5,7-8,10,17H,4,6,9H2,1-3H3/t17-/m0/s1. The number of hydrogen-bond acceptors (Lipinski definition) is 5. The summed E-state index contributed by atoms with van der Waals surface area (Å²) in [5.41, 5.74) is -0.0629. The third-order valence-corrected chi connectivity index (χ3v) is 4.73. The molecule has 0 amide bonds. The molecule has 1 aliphatic rings. The Kier molecular flexibility index (Phi) is 6.50. The Hall–Kier alpha value is -2.71. The minimum Gasteiger partial charge on any atom is -0.481 e. The van der Waals surface area contributed by atoms with E-state index in [9.17, 15) is 31.9 Å². The molecule has 0 saturated heterocycles. The van der Waals surface area contributed by atoms with E-state index in [-0.39, 0.29) is 17.6 Å². The van der Waals surface area contributed by atoms with E-state index in [4.69, 9.17) is 4.74 Å². The summed E-state index contributed by atoms with van der Waals surface area (Å²) >= 11 is 0. The highest BCUT2D eigenvalue weighted by atomic mass is 19.4. The van der Waals surface area contributed by atoms with Crippen LogP contribution in [-0.2, 0) is 14.3 Å². The van der Waals surface area contributed by atoms with Crippen LogP contribution in [0, 0.1) is 11.2 Å². The van der Waals surface area contributed by atoms with Crippen LogP contribution >= 0.6 is 0 Å². The molecule has 2 rings (SSSR count). The van der Waals surface area contributed by atoms with Crippen molar-refractivity contribution >= 4 is 23.6 Å². The van der Waals surface area contributed by atoms with Gasteiger partial charge in [-0.15, -0.1) is 0 Å². The van der Waals surface area contributed by atoms with Crippen LogP contribution in [0.1, 0.15) is 49.0 Å². The van der Waals surface area contributed by atoms with Gasteiger partial charge in [-0.1, -0.05) is 19.9 Å². The third-order valence-electron chi connectivity index (χ3n) is 4.73. The predicted octanol–water partition coefficient (Wildman–Crippen LogP) is 4.28. The van der Waals surface area contributed by atoms with Gasteiger partial charge in [0.2, 0.25) is 5.78 Å². The van der Waals surface area contributed by atoms with Crippen LogP contribution in [0.25, 0.3) is 5.57 Å². The van der Waals surface area contributed by atoms with Crippen LogP contribution in [0.4, 0.5) is 17.6 Å². The van der Waals surface area contributed by atoms with Gasteiger partial charge in [-0.2, -0.15) is 13.2 Å². The first-order valence-electron chi connectivity index (χ1n) is 8.75. The van der Waals surface area contributed by atoms with Crippen LogP contribution in [0.3, 0.4) is 0 Å². The summed E-state index contributed by atoms with van der Waals surface area (Å²) in [6, 6.07) is 1.86. The molecule has 158 valence electrons. The largest absolute Gasteiger partial charge is 0.481 e. The predicted molar refractivity (Wildman–Crippen MR) is 94.9 cm³/mol. The molecule has 0 fully saturated rings. The molecule has 0 bridgehead atoms. The van der Waals surface area contributed by atoms with Crippen molar-refractivity contribution in [2.45, 2.75) is 45.4 Å². The van der Waals surface area contributed by atoms with Gasteiger partial charge < -0.3 is 9.47 Å².